The second kappa shape index (κ2) is 13.5. The Labute approximate surface area is 263 Å². The molecule has 0 radical (unpaired) electrons. The summed E-state index contributed by atoms with van der Waals surface area (Å²) in [7, 11) is 1.75. The number of nitrogen functional groups attached to an aromatic ring is 1. The number of hydrogen-bond acceptors (Lipinski definition) is 4. The van der Waals surface area contributed by atoms with Gasteiger partial charge in [0, 0.05) is 65.0 Å². The number of nitrogens with two attached hydrogens (primary N) is 1. The van der Waals surface area contributed by atoms with Crippen LogP contribution in [-0.2, 0) is 13.1 Å². The van der Waals surface area contributed by atoms with E-state index >= 15 is 0 Å². The lowest BCUT2D eigenvalue weighted by atomic mass is 9.98. The van der Waals surface area contributed by atoms with E-state index in [1.807, 2.05) is 50.2 Å². The van der Waals surface area contributed by atoms with E-state index in [0.717, 1.165) is 44.3 Å². The highest BCUT2D eigenvalue weighted by atomic mass is 35.5. The summed E-state index contributed by atoms with van der Waals surface area (Å²) in [5, 5.41) is 2.68. The molecule has 0 aliphatic carbocycles. The first-order valence-corrected chi connectivity index (χ1v) is 15.4. The maximum absolute atomic E-state index is 12.8. The molecule has 8 heteroatoms. The number of amides is 1. The van der Waals surface area contributed by atoms with Crippen LogP contribution in [0.2, 0.25) is 5.02 Å². The zero-order chi connectivity index (χ0) is 32.3. The third-order valence-electron chi connectivity index (χ3n) is 7.95. The van der Waals surface area contributed by atoms with Gasteiger partial charge in [0.2, 0.25) is 0 Å². The molecule has 1 amide bonds. The van der Waals surface area contributed by atoms with Crippen molar-refractivity contribution in [1.29, 1.82) is 0 Å². The van der Waals surface area contributed by atoms with Crippen molar-refractivity contribution >= 4 is 50.7 Å². The number of rotatable bonds is 6. The van der Waals surface area contributed by atoms with Crippen molar-refractivity contribution in [1.82, 2.24) is 9.13 Å². The monoisotopic (exact) mass is 612 g/mol. The van der Waals surface area contributed by atoms with Gasteiger partial charge in [-0.15, -0.1) is 0 Å². The molecule has 0 unspecified atom stereocenters. The van der Waals surface area contributed by atoms with E-state index < -0.39 is 0 Å². The number of anilines is 2. The fourth-order valence-electron chi connectivity index (χ4n) is 5.55. The van der Waals surface area contributed by atoms with Crippen molar-refractivity contribution in [2.24, 2.45) is 0 Å². The minimum atomic E-state index is -0.110. The van der Waals surface area contributed by atoms with Gasteiger partial charge in [-0.1, -0.05) is 39.3 Å². The van der Waals surface area contributed by atoms with Gasteiger partial charge in [0.15, 0.2) is 0 Å². The molecule has 230 valence electrons. The molecular formula is C36H41ClN4O3. The third-order valence-corrected chi connectivity index (χ3v) is 8.21. The number of nitrogens with zero attached hydrogens (tertiary/aromatic N) is 3. The van der Waals surface area contributed by atoms with Gasteiger partial charge < -0.3 is 19.8 Å². The highest BCUT2D eigenvalue weighted by molar-refractivity contribution is 6.30. The van der Waals surface area contributed by atoms with Gasteiger partial charge in [-0.25, -0.2) is 0 Å². The smallest absolute Gasteiger partial charge is 0.258 e. The Kier molecular flexibility index (Phi) is 10.00. The fourth-order valence-corrected chi connectivity index (χ4v) is 5.67. The number of fused-ring (bicyclic) bond motifs is 2. The Morgan fingerprint density at radius 3 is 1.70 bits per heavy atom. The lowest BCUT2D eigenvalue weighted by Crippen LogP contribution is -2.26. The summed E-state index contributed by atoms with van der Waals surface area (Å²) >= 11 is 5.91. The van der Waals surface area contributed by atoms with Crippen LogP contribution in [0.3, 0.4) is 0 Å². The SMILES string of the molecule is CCn1c(=O)cc(C(C)C)c2cc(N(C)C(=O)c3ccc(Cl)cc3)ccc21.CCn1c(=O)cc(C(C)C)c2cc(N)ccc21. The molecule has 5 rings (SSSR count). The maximum atomic E-state index is 12.8. The molecule has 0 bridgehead atoms. The van der Waals surface area contributed by atoms with Crippen LogP contribution in [0.5, 0.6) is 0 Å². The topological polar surface area (TPSA) is 90.3 Å². The van der Waals surface area contributed by atoms with Crippen molar-refractivity contribution in [2.45, 2.75) is 66.5 Å². The van der Waals surface area contributed by atoms with Crippen LogP contribution >= 0.6 is 11.6 Å². The highest BCUT2D eigenvalue weighted by Crippen LogP contribution is 2.29. The Hall–Kier alpha value is -4.36. The van der Waals surface area contributed by atoms with Gasteiger partial charge in [0.25, 0.3) is 17.0 Å². The molecule has 0 aliphatic rings. The predicted molar refractivity (Wildman–Crippen MR) is 185 cm³/mol. The second-order valence-electron chi connectivity index (χ2n) is 11.5. The summed E-state index contributed by atoms with van der Waals surface area (Å²) in [5.41, 5.74) is 11.9. The molecule has 5 aromatic rings. The highest BCUT2D eigenvalue weighted by Gasteiger charge is 2.17. The molecule has 0 atom stereocenters. The number of benzene rings is 3. The normalized spacial score (nSPS) is 11.2. The first-order chi connectivity index (χ1) is 20.9. The predicted octanol–water partition coefficient (Wildman–Crippen LogP) is 7.80. The van der Waals surface area contributed by atoms with E-state index in [1.165, 1.54) is 0 Å². The summed E-state index contributed by atoms with van der Waals surface area (Å²) < 4.78 is 3.53. The number of aryl methyl sites for hydroxylation is 2. The number of carbonyl (C=O) groups is 1. The van der Waals surface area contributed by atoms with Crippen LogP contribution in [-0.4, -0.2) is 22.1 Å². The minimum Gasteiger partial charge on any atom is -0.399 e. The van der Waals surface area contributed by atoms with Crippen LogP contribution in [0.15, 0.2) is 82.4 Å². The molecule has 0 aliphatic heterocycles. The van der Waals surface area contributed by atoms with Gasteiger partial charge in [0.1, 0.15) is 0 Å². The largest absolute Gasteiger partial charge is 0.399 e. The Balaban J connectivity index is 0.000000223. The molecule has 0 spiro atoms. The Bertz CT molecular complexity index is 1940. The van der Waals surface area contributed by atoms with Crippen LogP contribution in [0.1, 0.15) is 74.9 Å². The molecule has 3 aromatic carbocycles. The quantitative estimate of drug-likeness (QED) is 0.198. The van der Waals surface area contributed by atoms with Gasteiger partial charge in [0.05, 0.1) is 11.0 Å². The average Bonchev–Trinajstić information content (AvgIpc) is 3.00. The lowest BCUT2D eigenvalue weighted by molar-refractivity contribution is 0.0993. The second-order valence-corrected chi connectivity index (χ2v) is 12.0. The van der Waals surface area contributed by atoms with Crippen LogP contribution in [0.25, 0.3) is 21.8 Å². The van der Waals surface area contributed by atoms with Crippen molar-refractivity contribution in [3.8, 4) is 0 Å². The first kappa shape index (κ1) is 32.6. The minimum absolute atomic E-state index is 0.00652. The summed E-state index contributed by atoms with van der Waals surface area (Å²) in [4.78, 5) is 38.9. The van der Waals surface area contributed by atoms with E-state index in [9.17, 15) is 14.4 Å². The molecule has 0 fully saturated rings. The van der Waals surface area contributed by atoms with Gasteiger partial charge in [-0.3, -0.25) is 14.4 Å². The summed E-state index contributed by atoms with van der Waals surface area (Å²) in [6.45, 7) is 13.5. The van der Waals surface area contributed by atoms with E-state index in [4.69, 9.17) is 17.3 Å². The molecule has 44 heavy (non-hydrogen) atoms. The van der Waals surface area contributed by atoms with Crippen molar-refractivity contribution in [3.63, 3.8) is 0 Å². The average molecular weight is 613 g/mol. The number of aromatic nitrogens is 2. The zero-order valence-electron chi connectivity index (χ0n) is 26.5. The summed E-state index contributed by atoms with van der Waals surface area (Å²) in [6.07, 6.45) is 0. The number of pyridine rings is 2. The van der Waals surface area contributed by atoms with Gasteiger partial charge >= 0.3 is 0 Å². The molecular weight excluding hydrogens is 572 g/mol. The number of halogens is 1. The Morgan fingerprint density at radius 2 is 1.23 bits per heavy atom. The number of hydrogen-bond donors (Lipinski definition) is 1. The molecule has 2 heterocycles. The molecule has 7 nitrogen and oxygen atoms in total. The van der Waals surface area contributed by atoms with Gasteiger partial charge in [-0.2, -0.15) is 0 Å². The van der Waals surface area contributed by atoms with Crippen molar-refractivity contribution < 1.29 is 4.79 Å². The van der Waals surface area contributed by atoms with E-state index in [0.29, 0.717) is 29.6 Å². The standard InChI is InChI=1S/C22H23ClN2O2.C14H18N2O/c1-5-25-20-11-10-17(12-19(20)18(14(2)3)13-21(25)26)24(4)22(27)15-6-8-16(23)9-7-15;1-4-16-13-6-5-10(15)7-12(13)11(9(2)3)8-14(16)17/h6-14H,5H2,1-4H3;5-9H,4,15H2,1-3H3. The molecule has 2 aromatic heterocycles. The number of carbonyl (C=O) groups excluding carboxylic acids is 1. The zero-order valence-corrected chi connectivity index (χ0v) is 27.3. The molecule has 0 saturated heterocycles. The van der Waals surface area contributed by atoms with Crippen LogP contribution in [0, 0.1) is 0 Å². The maximum Gasteiger partial charge on any atom is 0.258 e. The Morgan fingerprint density at radius 1 is 0.750 bits per heavy atom. The van der Waals surface area contributed by atoms with E-state index in [1.54, 1.807) is 57.5 Å². The molecule has 0 saturated carbocycles. The van der Waals surface area contributed by atoms with Gasteiger partial charge in [-0.05, 0) is 97.5 Å². The lowest BCUT2D eigenvalue weighted by Gasteiger charge is -2.20. The van der Waals surface area contributed by atoms with Crippen LogP contribution in [0.4, 0.5) is 11.4 Å². The van der Waals surface area contributed by atoms with E-state index in [-0.39, 0.29) is 22.9 Å². The summed E-state index contributed by atoms with van der Waals surface area (Å²) in [6, 6.07) is 21.8. The van der Waals surface area contributed by atoms with E-state index in [2.05, 4.69) is 27.7 Å². The van der Waals surface area contributed by atoms with Crippen molar-refractivity contribution in [2.75, 3.05) is 17.7 Å². The first-order valence-electron chi connectivity index (χ1n) is 15.0. The third kappa shape index (κ3) is 6.58. The van der Waals surface area contributed by atoms with Crippen molar-refractivity contribution in [3.05, 3.63) is 115 Å². The van der Waals surface area contributed by atoms with Crippen LogP contribution < -0.4 is 21.8 Å². The summed E-state index contributed by atoms with van der Waals surface area (Å²) in [5.74, 6) is 0.415. The molecule has 2 N–H and O–H groups in total. The fraction of sp³-hybridized carbons (Fsp3) is 0.306.